The van der Waals surface area contributed by atoms with Gasteiger partial charge in [0.05, 0.1) is 6.61 Å². The number of ether oxygens (including phenoxy) is 1. The standard InChI is InChI=1S/C13H23NO4.C8H15NO2.ClH/c1-9(2)8-18-13(17)14-11(12(15)16)10-6-4-3-5-7-10;9-7(8(10)11)6-4-2-1-3-5-6;/h9-11H,3-8H2,1-2H3,(H,14,17)(H,15,16);6-7H,1-5,9H2,(H,10,11);1H. The second-order valence-corrected chi connectivity index (χ2v) is 8.61. The molecule has 5 N–H and O–H groups in total. The number of amides is 1. The fraction of sp³-hybridized carbons (Fsp3) is 0.857. The Morgan fingerprint density at radius 1 is 0.900 bits per heavy atom. The van der Waals surface area contributed by atoms with Gasteiger partial charge in [0.15, 0.2) is 0 Å². The summed E-state index contributed by atoms with van der Waals surface area (Å²) in [7, 11) is 0. The zero-order valence-corrected chi connectivity index (χ0v) is 19.0. The molecular formula is C21H39ClN2O6. The second kappa shape index (κ2) is 15.3. The molecule has 1 amide bonds. The van der Waals surface area contributed by atoms with Crippen LogP contribution in [0.5, 0.6) is 0 Å². The van der Waals surface area contributed by atoms with Gasteiger partial charge in [-0.15, -0.1) is 12.4 Å². The van der Waals surface area contributed by atoms with Crippen LogP contribution in [0, 0.1) is 17.8 Å². The first-order chi connectivity index (χ1) is 13.7. The summed E-state index contributed by atoms with van der Waals surface area (Å²) in [6.07, 6.45) is 9.85. The number of carboxylic acids is 2. The number of carbonyl (C=O) groups is 3. The number of rotatable bonds is 7. The third kappa shape index (κ3) is 11.0. The molecule has 0 aromatic heterocycles. The summed E-state index contributed by atoms with van der Waals surface area (Å²) in [5, 5.41) is 20.3. The lowest BCUT2D eigenvalue weighted by Gasteiger charge is -2.27. The highest BCUT2D eigenvalue weighted by atomic mass is 35.5. The first-order valence-corrected chi connectivity index (χ1v) is 10.9. The number of halogens is 1. The molecule has 0 aliphatic heterocycles. The van der Waals surface area contributed by atoms with Gasteiger partial charge in [0.2, 0.25) is 0 Å². The number of aliphatic carboxylic acids is 2. The third-order valence-electron chi connectivity index (χ3n) is 5.65. The van der Waals surface area contributed by atoms with E-state index < -0.39 is 30.1 Å². The Morgan fingerprint density at radius 2 is 1.37 bits per heavy atom. The van der Waals surface area contributed by atoms with Crippen LogP contribution in [-0.2, 0) is 14.3 Å². The summed E-state index contributed by atoms with van der Waals surface area (Å²) in [6.45, 7) is 4.18. The second-order valence-electron chi connectivity index (χ2n) is 8.61. The van der Waals surface area contributed by atoms with Crippen molar-refractivity contribution in [2.24, 2.45) is 23.5 Å². The van der Waals surface area contributed by atoms with Crippen LogP contribution in [0.1, 0.15) is 78.1 Å². The molecule has 2 saturated carbocycles. The van der Waals surface area contributed by atoms with Gasteiger partial charge < -0.3 is 26.0 Å². The van der Waals surface area contributed by atoms with Gasteiger partial charge in [-0.25, -0.2) is 9.59 Å². The predicted octanol–water partition coefficient (Wildman–Crippen LogP) is 3.80. The smallest absolute Gasteiger partial charge is 0.407 e. The number of carboxylic acid groups (broad SMARTS) is 2. The first kappa shape index (κ1) is 28.5. The average molecular weight is 451 g/mol. The quantitative estimate of drug-likeness (QED) is 0.462. The molecule has 0 bridgehead atoms. The van der Waals surface area contributed by atoms with Crippen LogP contribution in [0.4, 0.5) is 4.79 Å². The zero-order valence-electron chi connectivity index (χ0n) is 18.2. The van der Waals surface area contributed by atoms with Crippen molar-refractivity contribution in [3.63, 3.8) is 0 Å². The highest BCUT2D eigenvalue weighted by molar-refractivity contribution is 5.85. The minimum atomic E-state index is -0.969. The van der Waals surface area contributed by atoms with Crippen LogP contribution in [0.2, 0.25) is 0 Å². The zero-order chi connectivity index (χ0) is 21.8. The van der Waals surface area contributed by atoms with Crippen LogP contribution in [0.3, 0.4) is 0 Å². The molecule has 2 fully saturated rings. The minimum absolute atomic E-state index is 0. The van der Waals surface area contributed by atoms with Crippen molar-refractivity contribution in [2.75, 3.05) is 6.61 Å². The summed E-state index contributed by atoms with van der Waals surface area (Å²) in [4.78, 5) is 33.2. The SMILES string of the molecule is CC(C)COC(=O)NC(C(=O)O)C1CCCCC1.Cl.NC(C(=O)O)C1CCCCC1. The molecule has 2 rings (SSSR count). The average Bonchev–Trinajstić information content (AvgIpc) is 2.71. The van der Waals surface area contributed by atoms with Crippen molar-refractivity contribution in [2.45, 2.75) is 90.1 Å². The lowest BCUT2D eigenvalue weighted by atomic mass is 9.84. The Balaban J connectivity index is 0.000000603. The molecule has 2 aliphatic rings. The van der Waals surface area contributed by atoms with E-state index in [9.17, 15) is 19.5 Å². The maximum atomic E-state index is 11.5. The molecule has 30 heavy (non-hydrogen) atoms. The molecule has 0 aromatic rings. The maximum Gasteiger partial charge on any atom is 0.407 e. The summed E-state index contributed by atoms with van der Waals surface area (Å²) >= 11 is 0. The Kier molecular flexibility index (Phi) is 14.5. The van der Waals surface area contributed by atoms with E-state index in [1.54, 1.807) is 0 Å². The van der Waals surface area contributed by atoms with Crippen molar-refractivity contribution < 1.29 is 29.3 Å². The number of hydrogen-bond acceptors (Lipinski definition) is 5. The Labute approximate surface area is 185 Å². The molecule has 8 nitrogen and oxygen atoms in total. The summed E-state index contributed by atoms with van der Waals surface area (Å²) in [5.74, 6) is -1.32. The fourth-order valence-electron chi connectivity index (χ4n) is 3.95. The Hall–Kier alpha value is -1.54. The third-order valence-corrected chi connectivity index (χ3v) is 5.65. The van der Waals surface area contributed by atoms with Crippen LogP contribution in [0.15, 0.2) is 0 Å². The van der Waals surface area contributed by atoms with Crippen molar-refractivity contribution in [3.8, 4) is 0 Å². The highest BCUT2D eigenvalue weighted by Gasteiger charge is 2.31. The predicted molar refractivity (Wildman–Crippen MR) is 117 cm³/mol. The number of hydrogen-bond donors (Lipinski definition) is 4. The molecule has 9 heteroatoms. The summed E-state index contributed by atoms with van der Waals surface area (Å²) in [5.41, 5.74) is 5.49. The number of nitrogens with one attached hydrogen (secondary N) is 1. The molecule has 0 saturated heterocycles. The molecular weight excluding hydrogens is 412 g/mol. The summed E-state index contributed by atoms with van der Waals surface area (Å²) < 4.78 is 4.96. The fourth-order valence-corrected chi connectivity index (χ4v) is 3.95. The van der Waals surface area contributed by atoms with Gasteiger partial charge in [-0.3, -0.25) is 4.79 Å². The highest BCUT2D eigenvalue weighted by Crippen LogP contribution is 2.27. The van der Waals surface area contributed by atoms with E-state index in [1.165, 1.54) is 6.42 Å². The van der Waals surface area contributed by atoms with Gasteiger partial charge in [0.1, 0.15) is 12.1 Å². The first-order valence-electron chi connectivity index (χ1n) is 10.9. The number of alkyl carbamates (subject to hydrolysis) is 1. The summed E-state index contributed by atoms with van der Waals surface area (Å²) in [6, 6.07) is -1.44. The topological polar surface area (TPSA) is 139 Å². The van der Waals surface area contributed by atoms with E-state index >= 15 is 0 Å². The largest absolute Gasteiger partial charge is 0.480 e. The van der Waals surface area contributed by atoms with E-state index in [2.05, 4.69) is 5.32 Å². The van der Waals surface area contributed by atoms with Crippen LogP contribution >= 0.6 is 12.4 Å². The lowest BCUT2D eigenvalue weighted by molar-refractivity contribution is -0.141. The Bertz CT molecular complexity index is 520. The molecule has 2 unspecified atom stereocenters. The van der Waals surface area contributed by atoms with E-state index in [4.69, 9.17) is 15.6 Å². The van der Waals surface area contributed by atoms with E-state index in [-0.39, 0.29) is 30.2 Å². The van der Waals surface area contributed by atoms with Gasteiger partial charge in [0, 0.05) is 0 Å². The monoisotopic (exact) mass is 450 g/mol. The van der Waals surface area contributed by atoms with Crippen molar-refractivity contribution >= 4 is 30.4 Å². The van der Waals surface area contributed by atoms with Gasteiger partial charge in [-0.2, -0.15) is 0 Å². The normalized spacial score (nSPS) is 19.5. The van der Waals surface area contributed by atoms with Crippen LogP contribution < -0.4 is 11.1 Å². The van der Waals surface area contributed by atoms with Crippen molar-refractivity contribution in [1.82, 2.24) is 5.32 Å². The number of nitrogens with two attached hydrogens (primary N) is 1. The minimum Gasteiger partial charge on any atom is -0.480 e. The van der Waals surface area contributed by atoms with Crippen molar-refractivity contribution in [3.05, 3.63) is 0 Å². The van der Waals surface area contributed by atoms with Gasteiger partial charge in [-0.05, 0) is 43.4 Å². The molecule has 0 heterocycles. The van der Waals surface area contributed by atoms with Crippen LogP contribution in [0.25, 0.3) is 0 Å². The molecule has 0 radical (unpaired) electrons. The van der Waals surface area contributed by atoms with Gasteiger partial charge in [-0.1, -0.05) is 52.4 Å². The molecule has 0 aromatic carbocycles. The molecule has 176 valence electrons. The van der Waals surface area contributed by atoms with E-state index in [1.807, 2.05) is 13.8 Å². The van der Waals surface area contributed by atoms with Gasteiger partial charge in [0.25, 0.3) is 0 Å². The van der Waals surface area contributed by atoms with Crippen LogP contribution in [-0.4, -0.2) is 46.9 Å². The van der Waals surface area contributed by atoms with Gasteiger partial charge >= 0.3 is 18.0 Å². The van der Waals surface area contributed by atoms with E-state index in [0.717, 1.165) is 57.8 Å². The lowest BCUT2D eigenvalue weighted by Crippen LogP contribution is -2.46. The van der Waals surface area contributed by atoms with E-state index in [0.29, 0.717) is 6.61 Å². The molecule has 2 aliphatic carbocycles. The number of carbonyl (C=O) groups excluding carboxylic acids is 1. The van der Waals surface area contributed by atoms with Crippen molar-refractivity contribution in [1.29, 1.82) is 0 Å². The maximum absolute atomic E-state index is 11.5. The molecule has 0 spiro atoms. The Morgan fingerprint density at radius 3 is 1.77 bits per heavy atom. The molecule has 2 atom stereocenters.